The SMILES string of the molecule is C=C/C=C\CC(C)(CC(Br)CC(C)C(=O)OC)C(Br)CC(C)C(=O)OC. The molecule has 4 nitrogen and oxygen atoms in total. The number of allylic oxidation sites excluding steroid dienone is 3. The predicted molar refractivity (Wildman–Crippen MR) is 114 cm³/mol. The fourth-order valence-electron chi connectivity index (χ4n) is 2.94. The van der Waals surface area contributed by atoms with E-state index in [-0.39, 0.29) is 38.8 Å². The number of halogens is 2. The summed E-state index contributed by atoms with van der Waals surface area (Å²) >= 11 is 7.54. The number of alkyl halides is 2. The van der Waals surface area contributed by atoms with Crippen LogP contribution in [0.2, 0.25) is 0 Å². The molecule has 0 saturated carbocycles. The number of carbonyl (C=O) groups is 2. The summed E-state index contributed by atoms with van der Waals surface area (Å²) in [5.41, 5.74) is -0.105. The van der Waals surface area contributed by atoms with Crippen molar-refractivity contribution in [2.75, 3.05) is 14.2 Å². The average molecular weight is 496 g/mol. The quantitative estimate of drug-likeness (QED) is 0.205. The van der Waals surface area contributed by atoms with Gasteiger partial charge in [0.2, 0.25) is 0 Å². The van der Waals surface area contributed by atoms with Crippen molar-refractivity contribution in [1.82, 2.24) is 0 Å². The second kappa shape index (κ2) is 12.7. The Morgan fingerprint density at radius 2 is 1.58 bits per heavy atom. The third-order valence-corrected chi connectivity index (χ3v) is 6.85. The molecule has 5 atom stereocenters. The van der Waals surface area contributed by atoms with Crippen LogP contribution in [-0.4, -0.2) is 35.8 Å². The minimum absolute atomic E-state index is 0.105. The highest BCUT2D eigenvalue weighted by Gasteiger charge is 2.36. The summed E-state index contributed by atoms with van der Waals surface area (Å²) in [5.74, 6) is -0.750. The first-order valence-electron chi connectivity index (χ1n) is 8.82. The fourth-order valence-corrected chi connectivity index (χ4v) is 5.17. The fraction of sp³-hybridized carbons (Fsp3) is 0.700. The molecule has 0 aliphatic rings. The van der Waals surface area contributed by atoms with E-state index in [4.69, 9.17) is 9.47 Å². The summed E-state index contributed by atoms with van der Waals surface area (Å²) in [4.78, 5) is 23.7. The highest BCUT2D eigenvalue weighted by molar-refractivity contribution is 9.09. The zero-order valence-corrected chi connectivity index (χ0v) is 19.6. The predicted octanol–water partition coefficient (Wildman–Crippen LogP) is 5.44. The second-order valence-electron chi connectivity index (χ2n) is 7.11. The molecular weight excluding hydrogens is 464 g/mol. The molecule has 0 aliphatic heterocycles. The van der Waals surface area contributed by atoms with Gasteiger partial charge in [-0.2, -0.15) is 0 Å². The molecular formula is C20H32Br2O4. The lowest BCUT2D eigenvalue weighted by atomic mass is 9.75. The lowest BCUT2D eigenvalue weighted by molar-refractivity contribution is -0.146. The van der Waals surface area contributed by atoms with Gasteiger partial charge in [0.25, 0.3) is 0 Å². The zero-order chi connectivity index (χ0) is 20.3. The summed E-state index contributed by atoms with van der Waals surface area (Å²) in [5, 5.41) is 0. The third kappa shape index (κ3) is 8.85. The largest absolute Gasteiger partial charge is 0.469 e. The number of ether oxygens (including phenoxy) is 2. The van der Waals surface area contributed by atoms with Crippen LogP contribution in [0.4, 0.5) is 0 Å². The molecule has 0 bridgehead atoms. The lowest BCUT2D eigenvalue weighted by Crippen LogP contribution is -2.34. The maximum atomic E-state index is 11.8. The van der Waals surface area contributed by atoms with Crippen molar-refractivity contribution in [3.05, 3.63) is 24.8 Å². The molecule has 0 aromatic rings. The molecule has 5 unspecified atom stereocenters. The van der Waals surface area contributed by atoms with E-state index in [2.05, 4.69) is 51.4 Å². The molecule has 150 valence electrons. The molecule has 0 rings (SSSR count). The lowest BCUT2D eigenvalue weighted by Gasteiger charge is -2.37. The standard InChI is InChI=1S/C20H32Br2O4/c1-7-8-9-10-20(4,17(22)12-15(3)19(24)26-6)13-16(21)11-14(2)18(23)25-5/h7-9,14-17H,1,10-13H2,2-6H3/b9-8-. The van der Waals surface area contributed by atoms with E-state index < -0.39 is 0 Å². The number of methoxy groups -OCH3 is 2. The molecule has 0 saturated heterocycles. The molecule has 0 aromatic heterocycles. The van der Waals surface area contributed by atoms with Gasteiger partial charge in [-0.15, -0.1) is 0 Å². The minimum atomic E-state index is -0.201. The Morgan fingerprint density at radius 3 is 2.04 bits per heavy atom. The summed E-state index contributed by atoms with van der Waals surface area (Å²) in [7, 11) is 2.83. The molecule has 0 heterocycles. The van der Waals surface area contributed by atoms with Gasteiger partial charge in [0.05, 0.1) is 26.1 Å². The van der Waals surface area contributed by atoms with Crippen LogP contribution in [0.5, 0.6) is 0 Å². The van der Waals surface area contributed by atoms with Gasteiger partial charge in [-0.1, -0.05) is 77.4 Å². The Bertz CT molecular complexity index is 492. The van der Waals surface area contributed by atoms with Gasteiger partial charge in [0.15, 0.2) is 0 Å². The molecule has 26 heavy (non-hydrogen) atoms. The Balaban J connectivity index is 5.15. The first kappa shape index (κ1) is 25.4. The maximum absolute atomic E-state index is 11.8. The smallest absolute Gasteiger partial charge is 0.308 e. The number of rotatable bonds is 12. The molecule has 0 radical (unpaired) electrons. The third-order valence-electron chi connectivity index (χ3n) is 4.68. The van der Waals surface area contributed by atoms with Crippen LogP contribution < -0.4 is 0 Å². The summed E-state index contributed by atoms with van der Waals surface area (Å²) < 4.78 is 9.67. The van der Waals surface area contributed by atoms with Crippen molar-refractivity contribution in [2.24, 2.45) is 17.3 Å². The monoisotopic (exact) mass is 494 g/mol. The van der Waals surface area contributed by atoms with Crippen LogP contribution in [-0.2, 0) is 19.1 Å². The Labute approximate surface area is 175 Å². The molecule has 0 aliphatic carbocycles. The molecule has 0 fully saturated rings. The van der Waals surface area contributed by atoms with Crippen molar-refractivity contribution >= 4 is 43.8 Å². The van der Waals surface area contributed by atoms with Crippen molar-refractivity contribution in [3.8, 4) is 0 Å². The zero-order valence-electron chi connectivity index (χ0n) is 16.5. The van der Waals surface area contributed by atoms with Gasteiger partial charge in [0, 0.05) is 9.65 Å². The van der Waals surface area contributed by atoms with E-state index in [1.807, 2.05) is 19.9 Å². The number of esters is 2. The van der Waals surface area contributed by atoms with E-state index in [0.717, 1.165) is 12.8 Å². The van der Waals surface area contributed by atoms with E-state index >= 15 is 0 Å². The maximum Gasteiger partial charge on any atom is 0.308 e. The van der Waals surface area contributed by atoms with E-state index in [1.54, 1.807) is 6.08 Å². The first-order valence-corrected chi connectivity index (χ1v) is 10.7. The van der Waals surface area contributed by atoms with E-state index in [1.165, 1.54) is 14.2 Å². The van der Waals surface area contributed by atoms with Crippen LogP contribution in [0.1, 0.15) is 46.5 Å². The first-order chi connectivity index (χ1) is 12.1. The Morgan fingerprint density at radius 1 is 1.08 bits per heavy atom. The molecule has 0 spiro atoms. The van der Waals surface area contributed by atoms with Gasteiger partial charge >= 0.3 is 11.9 Å². The topological polar surface area (TPSA) is 52.6 Å². The molecule has 0 N–H and O–H groups in total. The van der Waals surface area contributed by atoms with Crippen LogP contribution >= 0.6 is 31.9 Å². The molecule has 0 amide bonds. The Hall–Kier alpha value is -0.620. The number of hydrogen-bond acceptors (Lipinski definition) is 4. The van der Waals surface area contributed by atoms with Crippen molar-refractivity contribution < 1.29 is 19.1 Å². The number of carbonyl (C=O) groups excluding carboxylic acids is 2. The van der Waals surface area contributed by atoms with E-state index in [0.29, 0.717) is 12.8 Å². The van der Waals surface area contributed by atoms with Gasteiger partial charge in [-0.3, -0.25) is 9.59 Å². The van der Waals surface area contributed by atoms with Crippen LogP contribution in [0.3, 0.4) is 0 Å². The molecule has 0 aromatic carbocycles. The van der Waals surface area contributed by atoms with Crippen molar-refractivity contribution in [2.45, 2.75) is 56.1 Å². The van der Waals surface area contributed by atoms with Gasteiger partial charge in [-0.05, 0) is 31.1 Å². The average Bonchev–Trinajstić information content (AvgIpc) is 2.59. The van der Waals surface area contributed by atoms with Crippen LogP contribution in [0, 0.1) is 17.3 Å². The van der Waals surface area contributed by atoms with Crippen molar-refractivity contribution in [1.29, 1.82) is 0 Å². The van der Waals surface area contributed by atoms with Gasteiger partial charge < -0.3 is 9.47 Å². The normalized spacial score (nSPS) is 18.4. The summed E-state index contributed by atoms with van der Waals surface area (Å²) in [6.45, 7) is 9.67. The van der Waals surface area contributed by atoms with Crippen LogP contribution in [0.15, 0.2) is 24.8 Å². The van der Waals surface area contributed by atoms with Crippen molar-refractivity contribution in [3.63, 3.8) is 0 Å². The second-order valence-corrected chi connectivity index (χ2v) is 9.51. The Kier molecular flexibility index (Phi) is 12.4. The van der Waals surface area contributed by atoms with Gasteiger partial charge in [-0.25, -0.2) is 0 Å². The number of hydrogen-bond donors (Lipinski definition) is 0. The summed E-state index contributed by atoms with van der Waals surface area (Å²) in [6, 6.07) is 0. The highest BCUT2D eigenvalue weighted by Crippen LogP contribution is 2.42. The highest BCUT2D eigenvalue weighted by atomic mass is 79.9. The van der Waals surface area contributed by atoms with E-state index in [9.17, 15) is 9.59 Å². The summed E-state index contributed by atoms with van der Waals surface area (Å²) in [6.07, 6.45) is 8.83. The molecule has 6 heteroatoms. The van der Waals surface area contributed by atoms with Gasteiger partial charge in [0.1, 0.15) is 0 Å². The van der Waals surface area contributed by atoms with Crippen LogP contribution in [0.25, 0.3) is 0 Å². The minimum Gasteiger partial charge on any atom is -0.469 e.